The molecule has 2 rings (SSSR count). The minimum absolute atomic E-state index is 0.0143. The van der Waals surface area contributed by atoms with Crippen LogP contribution in [-0.4, -0.2) is 16.1 Å². The number of hydrazine groups is 1. The number of anilines is 2. The van der Waals surface area contributed by atoms with Crippen LogP contribution in [0.3, 0.4) is 0 Å². The maximum atomic E-state index is 12.0. The van der Waals surface area contributed by atoms with E-state index < -0.39 is 5.91 Å². The van der Waals surface area contributed by atoms with E-state index >= 15 is 0 Å². The van der Waals surface area contributed by atoms with Gasteiger partial charge in [-0.25, -0.2) is 0 Å². The normalized spacial score (nSPS) is 10.2. The fourth-order valence-corrected chi connectivity index (χ4v) is 1.51. The van der Waals surface area contributed by atoms with E-state index in [1.54, 1.807) is 19.1 Å². The Morgan fingerprint density at radius 1 is 1.44 bits per heavy atom. The van der Waals surface area contributed by atoms with Gasteiger partial charge in [0.2, 0.25) is 5.89 Å². The number of aromatic nitrogens is 2. The van der Waals surface area contributed by atoms with Gasteiger partial charge in [0, 0.05) is 11.9 Å². The summed E-state index contributed by atoms with van der Waals surface area (Å²) < 4.78 is 5.04. The number of carbonyl (C=O) groups is 1. The lowest BCUT2D eigenvalue weighted by Crippen LogP contribution is -2.17. The van der Waals surface area contributed by atoms with Gasteiger partial charge in [0.05, 0.1) is 11.3 Å². The molecule has 1 aromatic heterocycles. The van der Waals surface area contributed by atoms with Crippen molar-refractivity contribution in [3.8, 4) is 0 Å². The van der Waals surface area contributed by atoms with Crippen molar-refractivity contribution in [3.05, 3.63) is 34.7 Å². The van der Waals surface area contributed by atoms with Crippen molar-refractivity contribution in [2.45, 2.75) is 6.92 Å². The number of hydrogen-bond acceptors (Lipinski definition) is 6. The molecule has 0 radical (unpaired) electrons. The first-order valence-electron chi connectivity index (χ1n) is 4.98. The highest BCUT2D eigenvalue weighted by Crippen LogP contribution is 2.21. The van der Waals surface area contributed by atoms with Crippen LogP contribution in [0.2, 0.25) is 5.02 Å². The number of nitrogens with two attached hydrogens (primary N) is 1. The van der Waals surface area contributed by atoms with Gasteiger partial charge in [-0.15, -0.1) is 5.10 Å². The molecule has 0 atom stereocenters. The molecule has 0 fully saturated rings. The number of aryl methyl sites for hydroxylation is 1. The molecule has 1 amide bonds. The van der Waals surface area contributed by atoms with Crippen molar-refractivity contribution in [1.82, 2.24) is 10.2 Å². The van der Waals surface area contributed by atoms with Gasteiger partial charge in [-0.1, -0.05) is 16.7 Å². The first kappa shape index (κ1) is 12.3. The fraction of sp³-hybridized carbons (Fsp3) is 0.100. The van der Waals surface area contributed by atoms with Crippen LogP contribution >= 0.6 is 11.6 Å². The molecule has 0 bridgehead atoms. The molecule has 1 heterocycles. The Kier molecular flexibility index (Phi) is 3.45. The molecular formula is C10H10ClN5O2. The summed E-state index contributed by atoms with van der Waals surface area (Å²) in [7, 11) is 0. The van der Waals surface area contributed by atoms with E-state index in [1.807, 2.05) is 0 Å². The number of amides is 1. The van der Waals surface area contributed by atoms with E-state index in [2.05, 4.69) is 20.9 Å². The van der Waals surface area contributed by atoms with E-state index in [1.165, 1.54) is 6.07 Å². The van der Waals surface area contributed by atoms with Crippen molar-refractivity contribution in [3.63, 3.8) is 0 Å². The number of benzene rings is 1. The van der Waals surface area contributed by atoms with E-state index in [4.69, 9.17) is 21.9 Å². The highest BCUT2D eigenvalue weighted by molar-refractivity contribution is 6.31. The van der Waals surface area contributed by atoms with Crippen molar-refractivity contribution < 1.29 is 9.21 Å². The van der Waals surface area contributed by atoms with Crippen LogP contribution in [-0.2, 0) is 0 Å². The zero-order valence-electron chi connectivity index (χ0n) is 9.40. The van der Waals surface area contributed by atoms with Crippen molar-refractivity contribution >= 4 is 29.2 Å². The molecule has 0 aliphatic heterocycles. The van der Waals surface area contributed by atoms with Crippen molar-refractivity contribution in [1.29, 1.82) is 0 Å². The number of carbonyl (C=O) groups excluding carboxylic acids is 1. The van der Waals surface area contributed by atoms with Crippen LogP contribution in [0.1, 0.15) is 16.2 Å². The Hall–Kier alpha value is -2.12. The summed E-state index contributed by atoms with van der Waals surface area (Å²) >= 11 is 5.82. The second-order valence-electron chi connectivity index (χ2n) is 3.41. The average Bonchev–Trinajstić information content (AvgIpc) is 2.74. The molecule has 7 nitrogen and oxygen atoms in total. The number of hydrogen-bond donors (Lipinski definition) is 3. The van der Waals surface area contributed by atoms with Gasteiger partial charge in [-0.05, 0) is 18.2 Å². The lowest BCUT2D eigenvalue weighted by Gasteiger charge is -2.07. The third kappa shape index (κ3) is 2.58. The van der Waals surface area contributed by atoms with Gasteiger partial charge < -0.3 is 9.84 Å². The maximum Gasteiger partial charge on any atom is 0.322 e. The minimum Gasteiger partial charge on any atom is -0.408 e. The van der Waals surface area contributed by atoms with Gasteiger partial charge >= 0.3 is 6.01 Å². The molecule has 94 valence electrons. The lowest BCUT2D eigenvalue weighted by atomic mass is 10.1. The Balaban J connectivity index is 2.25. The predicted octanol–water partition coefficient (Wildman–Crippen LogP) is 1.57. The van der Waals surface area contributed by atoms with E-state index in [9.17, 15) is 4.79 Å². The zero-order chi connectivity index (χ0) is 13.1. The minimum atomic E-state index is -0.450. The van der Waals surface area contributed by atoms with E-state index in [0.717, 1.165) is 0 Å². The molecule has 0 aliphatic carbocycles. The topological polar surface area (TPSA) is 106 Å². The first-order valence-corrected chi connectivity index (χ1v) is 5.35. The van der Waals surface area contributed by atoms with Crippen LogP contribution in [0.25, 0.3) is 0 Å². The smallest absolute Gasteiger partial charge is 0.322 e. The molecule has 0 unspecified atom stereocenters. The summed E-state index contributed by atoms with van der Waals surface area (Å²) in [6, 6.07) is 4.70. The third-order valence-electron chi connectivity index (χ3n) is 2.13. The summed E-state index contributed by atoms with van der Waals surface area (Å²) in [6.45, 7) is 1.62. The molecule has 8 heteroatoms. The standard InChI is InChI=1S/C10H10ClN5O2/c1-5-15-16-10(18-5)13-9(17)7-4-6(11)2-3-8(7)14-12/h2-4,14H,12H2,1H3,(H,13,16,17). The number of nitrogens with zero attached hydrogens (tertiary/aromatic N) is 2. The Bertz CT molecular complexity index is 583. The molecule has 0 aliphatic rings. The molecule has 4 N–H and O–H groups in total. The molecular weight excluding hydrogens is 258 g/mol. The van der Waals surface area contributed by atoms with Crippen LogP contribution < -0.4 is 16.6 Å². The number of halogens is 1. The second-order valence-corrected chi connectivity index (χ2v) is 3.85. The summed E-state index contributed by atoms with van der Waals surface area (Å²) in [5.74, 6) is 5.22. The van der Waals surface area contributed by atoms with Gasteiger partial charge in [-0.2, -0.15) is 0 Å². The highest BCUT2D eigenvalue weighted by atomic mass is 35.5. The van der Waals surface area contributed by atoms with E-state index in [0.29, 0.717) is 16.6 Å². The maximum absolute atomic E-state index is 12.0. The SMILES string of the molecule is Cc1nnc(NC(=O)c2cc(Cl)ccc2NN)o1. The average molecular weight is 268 g/mol. The van der Waals surface area contributed by atoms with Gasteiger partial charge in [-0.3, -0.25) is 16.0 Å². The number of nitrogens with one attached hydrogen (secondary N) is 2. The quantitative estimate of drug-likeness (QED) is 0.576. The Morgan fingerprint density at radius 3 is 2.83 bits per heavy atom. The fourth-order valence-electron chi connectivity index (χ4n) is 1.34. The molecule has 1 aromatic carbocycles. The van der Waals surface area contributed by atoms with Crippen LogP contribution in [0.15, 0.2) is 22.6 Å². The Morgan fingerprint density at radius 2 is 2.22 bits per heavy atom. The van der Waals surface area contributed by atoms with Gasteiger partial charge in [0.15, 0.2) is 0 Å². The molecule has 0 spiro atoms. The third-order valence-corrected chi connectivity index (χ3v) is 2.36. The molecule has 2 aromatic rings. The van der Waals surface area contributed by atoms with Crippen LogP contribution in [0, 0.1) is 6.92 Å². The monoisotopic (exact) mass is 267 g/mol. The summed E-state index contributed by atoms with van der Waals surface area (Å²) in [5.41, 5.74) is 3.13. The summed E-state index contributed by atoms with van der Waals surface area (Å²) in [5, 5.41) is 10.1. The van der Waals surface area contributed by atoms with Crippen molar-refractivity contribution in [2.24, 2.45) is 5.84 Å². The van der Waals surface area contributed by atoms with Gasteiger partial charge in [0.25, 0.3) is 5.91 Å². The summed E-state index contributed by atoms with van der Waals surface area (Å²) in [6.07, 6.45) is 0. The van der Waals surface area contributed by atoms with Crippen LogP contribution in [0.4, 0.5) is 11.7 Å². The number of rotatable bonds is 3. The molecule has 0 saturated heterocycles. The predicted molar refractivity (Wildman–Crippen MR) is 66.3 cm³/mol. The summed E-state index contributed by atoms with van der Waals surface area (Å²) in [4.78, 5) is 12.0. The molecule has 0 saturated carbocycles. The largest absolute Gasteiger partial charge is 0.408 e. The van der Waals surface area contributed by atoms with Gasteiger partial charge in [0.1, 0.15) is 0 Å². The Labute approximate surface area is 107 Å². The highest BCUT2D eigenvalue weighted by Gasteiger charge is 2.14. The lowest BCUT2D eigenvalue weighted by molar-refractivity contribution is 0.102. The van der Waals surface area contributed by atoms with Crippen LogP contribution in [0.5, 0.6) is 0 Å². The second kappa shape index (κ2) is 5.03. The number of nitrogen functional groups attached to an aromatic ring is 1. The molecule has 18 heavy (non-hydrogen) atoms. The van der Waals surface area contributed by atoms with Crippen molar-refractivity contribution in [2.75, 3.05) is 10.7 Å². The first-order chi connectivity index (χ1) is 8.60. The van der Waals surface area contributed by atoms with E-state index in [-0.39, 0.29) is 11.6 Å². The zero-order valence-corrected chi connectivity index (χ0v) is 10.2.